The molecule has 18 heavy (non-hydrogen) atoms. The Morgan fingerprint density at radius 1 is 1.17 bits per heavy atom. The molecule has 4 heteroatoms. The lowest BCUT2D eigenvalue weighted by Gasteiger charge is -2.07. The summed E-state index contributed by atoms with van der Waals surface area (Å²) < 4.78 is 13.1. The summed E-state index contributed by atoms with van der Waals surface area (Å²) in [5.41, 5.74) is 8.62. The number of halogens is 1. The van der Waals surface area contributed by atoms with E-state index in [-0.39, 0.29) is 0 Å². The van der Waals surface area contributed by atoms with Gasteiger partial charge in [0.15, 0.2) is 0 Å². The lowest BCUT2D eigenvalue weighted by molar-refractivity contribution is 0.682. The third kappa shape index (κ3) is 3.00. The summed E-state index contributed by atoms with van der Waals surface area (Å²) in [6.07, 6.45) is 0. The molecule has 0 spiro atoms. The monoisotopic (exact) mass is 323 g/mol. The van der Waals surface area contributed by atoms with Crippen molar-refractivity contribution in [3.05, 3.63) is 58.1 Å². The molecule has 2 N–H and O–H groups in total. The van der Waals surface area contributed by atoms with Gasteiger partial charge >= 0.3 is 0 Å². The van der Waals surface area contributed by atoms with E-state index in [1.807, 2.05) is 49.4 Å². The summed E-state index contributed by atoms with van der Waals surface area (Å²) in [6, 6.07) is 13.4. The number of nitrogens with two attached hydrogens (primary N) is 1. The number of rotatable bonds is 3. The van der Waals surface area contributed by atoms with Crippen LogP contribution in [-0.2, 0) is 16.6 Å². The van der Waals surface area contributed by atoms with E-state index in [1.54, 1.807) is 0 Å². The van der Waals surface area contributed by atoms with Crippen LogP contribution < -0.4 is 5.73 Å². The average molecular weight is 324 g/mol. The lowest BCUT2D eigenvalue weighted by atomic mass is 10.2. The van der Waals surface area contributed by atoms with Crippen molar-refractivity contribution in [1.82, 2.24) is 0 Å². The maximum Gasteiger partial charge on any atom is 0.0574 e. The van der Waals surface area contributed by atoms with Crippen LogP contribution in [0.15, 0.2) is 51.8 Å². The van der Waals surface area contributed by atoms with E-state index in [4.69, 9.17) is 5.73 Å². The zero-order chi connectivity index (χ0) is 13.1. The molecule has 0 radical (unpaired) electrons. The van der Waals surface area contributed by atoms with E-state index in [2.05, 4.69) is 15.9 Å². The Balaban J connectivity index is 2.21. The molecule has 0 aromatic heterocycles. The normalized spacial score (nSPS) is 12.3. The first-order valence-electron chi connectivity index (χ1n) is 5.56. The second-order valence-corrected chi connectivity index (χ2v) is 6.37. The SMILES string of the molecule is Cc1ccc(S(=O)Cc2cccc(N)c2Br)cc1. The highest BCUT2D eigenvalue weighted by Gasteiger charge is 2.09. The molecule has 0 bridgehead atoms. The maximum absolute atomic E-state index is 12.2. The van der Waals surface area contributed by atoms with Gasteiger partial charge in [-0.2, -0.15) is 0 Å². The second-order valence-electron chi connectivity index (χ2n) is 4.12. The molecule has 2 nitrogen and oxygen atoms in total. The van der Waals surface area contributed by atoms with Gasteiger partial charge in [0, 0.05) is 15.1 Å². The van der Waals surface area contributed by atoms with E-state index in [0.717, 1.165) is 14.9 Å². The number of anilines is 1. The minimum absolute atomic E-state index is 0.467. The van der Waals surface area contributed by atoms with Gasteiger partial charge in [0.2, 0.25) is 0 Å². The summed E-state index contributed by atoms with van der Waals surface area (Å²) in [5.74, 6) is 0.467. The summed E-state index contributed by atoms with van der Waals surface area (Å²) in [4.78, 5) is 0.843. The fraction of sp³-hybridized carbons (Fsp3) is 0.143. The van der Waals surface area contributed by atoms with Gasteiger partial charge in [0.1, 0.15) is 0 Å². The van der Waals surface area contributed by atoms with Crippen molar-refractivity contribution in [1.29, 1.82) is 0 Å². The van der Waals surface area contributed by atoms with Gasteiger partial charge in [-0.3, -0.25) is 4.21 Å². The number of hydrogen-bond donors (Lipinski definition) is 1. The molecule has 0 fully saturated rings. The summed E-state index contributed by atoms with van der Waals surface area (Å²) in [5, 5.41) is 0. The molecule has 2 aromatic carbocycles. The van der Waals surface area contributed by atoms with Crippen molar-refractivity contribution < 1.29 is 4.21 Å². The Labute approximate surface area is 118 Å². The zero-order valence-electron chi connectivity index (χ0n) is 10.0. The van der Waals surface area contributed by atoms with Crippen LogP contribution in [0.1, 0.15) is 11.1 Å². The topological polar surface area (TPSA) is 43.1 Å². The molecule has 0 aliphatic rings. The fourth-order valence-electron chi connectivity index (χ4n) is 1.63. The first-order valence-corrected chi connectivity index (χ1v) is 7.67. The smallest absolute Gasteiger partial charge is 0.0574 e. The van der Waals surface area contributed by atoms with Crippen LogP contribution in [-0.4, -0.2) is 4.21 Å². The Kier molecular flexibility index (Phi) is 4.19. The van der Waals surface area contributed by atoms with Gasteiger partial charge in [-0.15, -0.1) is 0 Å². The standard InChI is InChI=1S/C14H14BrNOS/c1-10-5-7-12(8-6-10)18(17)9-11-3-2-4-13(16)14(11)15/h2-8H,9,16H2,1H3. The largest absolute Gasteiger partial charge is 0.398 e. The highest BCUT2D eigenvalue weighted by molar-refractivity contribution is 9.10. The van der Waals surface area contributed by atoms with Crippen molar-refractivity contribution in [2.24, 2.45) is 0 Å². The van der Waals surface area contributed by atoms with Gasteiger partial charge in [-0.1, -0.05) is 29.8 Å². The quantitative estimate of drug-likeness (QED) is 0.876. The van der Waals surface area contributed by atoms with Crippen molar-refractivity contribution >= 4 is 32.4 Å². The minimum atomic E-state index is -1.05. The first-order chi connectivity index (χ1) is 8.58. The Hall–Kier alpha value is -1.13. The minimum Gasteiger partial charge on any atom is -0.398 e. The van der Waals surface area contributed by atoms with Gasteiger partial charge in [0.05, 0.1) is 16.6 Å². The molecule has 2 aromatic rings. The summed E-state index contributed by atoms with van der Waals surface area (Å²) >= 11 is 3.43. The molecule has 1 atom stereocenters. The fourth-order valence-corrected chi connectivity index (χ4v) is 3.35. The van der Waals surface area contributed by atoms with Crippen LogP contribution in [0.2, 0.25) is 0 Å². The Morgan fingerprint density at radius 3 is 2.50 bits per heavy atom. The van der Waals surface area contributed by atoms with E-state index < -0.39 is 10.8 Å². The highest BCUT2D eigenvalue weighted by atomic mass is 79.9. The van der Waals surface area contributed by atoms with Crippen LogP contribution in [0.25, 0.3) is 0 Å². The summed E-state index contributed by atoms with van der Waals surface area (Å²) in [6.45, 7) is 2.02. The molecule has 0 amide bonds. The van der Waals surface area contributed by atoms with Crippen molar-refractivity contribution in [2.75, 3.05) is 5.73 Å². The zero-order valence-corrected chi connectivity index (χ0v) is 12.4. The highest BCUT2D eigenvalue weighted by Crippen LogP contribution is 2.26. The first kappa shape index (κ1) is 13.3. The van der Waals surface area contributed by atoms with Crippen LogP contribution in [0.4, 0.5) is 5.69 Å². The van der Waals surface area contributed by atoms with E-state index in [0.29, 0.717) is 11.4 Å². The average Bonchev–Trinajstić information content (AvgIpc) is 2.36. The van der Waals surface area contributed by atoms with Gasteiger partial charge in [-0.25, -0.2) is 0 Å². The molecule has 0 saturated carbocycles. The molecule has 94 valence electrons. The molecule has 0 aliphatic carbocycles. The molecule has 2 rings (SSSR count). The Bertz CT molecular complexity index is 581. The molecule has 1 unspecified atom stereocenters. The number of aryl methyl sites for hydroxylation is 1. The van der Waals surface area contributed by atoms with E-state index >= 15 is 0 Å². The predicted molar refractivity (Wildman–Crippen MR) is 79.8 cm³/mol. The Morgan fingerprint density at radius 2 is 1.83 bits per heavy atom. The lowest BCUT2D eigenvalue weighted by Crippen LogP contribution is -1.99. The van der Waals surface area contributed by atoms with Crippen molar-refractivity contribution in [3.63, 3.8) is 0 Å². The van der Waals surface area contributed by atoms with Crippen LogP contribution in [0.5, 0.6) is 0 Å². The summed E-state index contributed by atoms with van der Waals surface area (Å²) in [7, 11) is -1.05. The van der Waals surface area contributed by atoms with E-state index in [9.17, 15) is 4.21 Å². The van der Waals surface area contributed by atoms with Crippen LogP contribution >= 0.6 is 15.9 Å². The molecular weight excluding hydrogens is 310 g/mol. The van der Waals surface area contributed by atoms with Gasteiger partial charge < -0.3 is 5.73 Å². The molecular formula is C14H14BrNOS. The third-order valence-corrected chi connectivity index (χ3v) is 5.02. The second kappa shape index (κ2) is 5.67. The van der Waals surface area contributed by atoms with Crippen LogP contribution in [0.3, 0.4) is 0 Å². The van der Waals surface area contributed by atoms with E-state index in [1.165, 1.54) is 5.56 Å². The maximum atomic E-state index is 12.2. The number of hydrogen-bond acceptors (Lipinski definition) is 2. The number of benzene rings is 2. The predicted octanol–water partition coefficient (Wildman–Crippen LogP) is 3.65. The third-order valence-electron chi connectivity index (χ3n) is 2.68. The molecule has 0 saturated heterocycles. The molecule has 0 heterocycles. The van der Waals surface area contributed by atoms with Gasteiger partial charge in [-0.05, 0) is 46.6 Å². The van der Waals surface area contributed by atoms with Crippen molar-refractivity contribution in [2.45, 2.75) is 17.6 Å². The molecule has 0 aliphatic heterocycles. The van der Waals surface area contributed by atoms with Crippen LogP contribution in [0, 0.1) is 6.92 Å². The van der Waals surface area contributed by atoms with Crippen molar-refractivity contribution in [3.8, 4) is 0 Å². The number of nitrogen functional groups attached to an aromatic ring is 1. The van der Waals surface area contributed by atoms with Gasteiger partial charge in [0.25, 0.3) is 0 Å².